The van der Waals surface area contributed by atoms with Crippen LogP contribution in [-0.4, -0.2) is 32.3 Å². The fourth-order valence-corrected chi connectivity index (χ4v) is 2.05. The lowest BCUT2D eigenvalue weighted by Crippen LogP contribution is -2.28. The van der Waals surface area contributed by atoms with Crippen LogP contribution < -0.4 is 0 Å². The van der Waals surface area contributed by atoms with Crippen LogP contribution in [-0.2, 0) is 13.6 Å². The zero-order valence-corrected chi connectivity index (χ0v) is 12.2. The SMILES string of the molecule is CN(Cc1nccn1C)C(=O)c1cc(Cl)ccc1[N+](=O)[O-]. The zero-order chi connectivity index (χ0) is 15.6. The Morgan fingerprint density at radius 3 is 2.81 bits per heavy atom. The van der Waals surface area contributed by atoms with Crippen molar-refractivity contribution < 1.29 is 9.72 Å². The molecule has 0 saturated heterocycles. The van der Waals surface area contributed by atoms with E-state index in [2.05, 4.69) is 4.98 Å². The van der Waals surface area contributed by atoms with Crippen molar-refractivity contribution in [2.24, 2.45) is 7.05 Å². The van der Waals surface area contributed by atoms with Crippen LogP contribution in [0.4, 0.5) is 5.69 Å². The summed E-state index contributed by atoms with van der Waals surface area (Å²) in [6, 6.07) is 3.91. The maximum atomic E-state index is 12.4. The number of halogens is 1. The lowest BCUT2D eigenvalue weighted by molar-refractivity contribution is -0.385. The van der Waals surface area contributed by atoms with Gasteiger partial charge in [-0.1, -0.05) is 11.6 Å². The van der Waals surface area contributed by atoms with E-state index < -0.39 is 10.8 Å². The molecule has 1 amide bonds. The highest BCUT2D eigenvalue weighted by Crippen LogP contribution is 2.24. The van der Waals surface area contributed by atoms with E-state index in [0.29, 0.717) is 5.82 Å². The summed E-state index contributed by atoms with van der Waals surface area (Å²) in [6.07, 6.45) is 3.38. The van der Waals surface area contributed by atoms with E-state index in [1.165, 1.54) is 23.1 Å². The normalized spacial score (nSPS) is 10.4. The van der Waals surface area contributed by atoms with E-state index in [1.807, 2.05) is 7.05 Å². The molecule has 0 unspecified atom stereocenters. The summed E-state index contributed by atoms with van der Waals surface area (Å²) in [7, 11) is 3.37. The monoisotopic (exact) mass is 308 g/mol. The Kier molecular flexibility index (Phi) is 4.23. The maximum absolute atomic E-state index is 12.4. The highest BCUT2D eigenvalue weighted by molar-refractivity contribution is 6.31. The van der Waals surface area contributed by atoms with Crippen molar-refractivity contribution in [3.05, 3.63) is 57.1 Å². The molecule has 0 fully saturated rings. The number of aromatic nitrogens is 2. The molecular weight excluding hydrogens is 296 g/mol. The molecule has 8 heteroatoms. The number of benzene rings is 1. The second-order valence-electron chi connectivity index (χ2n) is 4.53. The van der Waals surface area contributed by atoms with Crippen LogP contribution in [0.5, 0.6) is 0 Å². The number of hydrogen-bond acceptors (Lipinski definition) is 4. The third-order valence-electron chi connectivity index (χ3n) is 3.03. The van der Waals surface area contributed by atoms with Crippen molar-refractivity contribution in [1.82, 2.24) is 14.5 Å². The van der Waals surface area contributed by atoms with Crippen LogP contribution >= 0.6 is 11.6 Å². The average molecular weight is 309 g/mol. The Morgan fingerprint density at radius 2 is 2.24 bits per heavy atom. The fraction of sp³-hybridized carbons (Fsp3) is 0.231. The van der Waals surface area contributed by atoms with E-state index in [-0.39, 0.29) is 22.8 Å². The molecule has 0 radical (unpaired) electrons. The number of aryl methyl sites for hydroxylation is 1. The molecule has 1 heterocycles. The highest BCUT2D eigenvalue weighted by Gasteiger charge is 2.23. The van der Waals surface area contributed by atoms with Gasteiger partial charge in [-0.05, 0) is 12.1 Å². The fourth-order valence-electron chi connectivity index (χ4n) is 1.88. The lowest BCUT2D eigenvalue weighted by Gasteiger charge is -2.17. The molecule has 21 heavy (non-hydrogen) atoms. The molecule has 0 aliphatic carbocycles. The number of carbonyl (C=O) groups is 1. The molecule has 0 spiro atoms. The standard InChI is InChI=1S/C13H13ClN4O3/c1-16-6-5-15-12(16)8-17(2)13(19)10-7-9(14)3-4-11(10)18(20)21/h3-7H,8H2,1-2H3. The van der Waals surface area contributed by atoms with Crippen molar-refractivity contribution in [3.8, 4) is 0 Å². The summed E-state index contributed by atoms with van der Waals surface area (Å²) in [5.74, 6) is 0.197. The first-order chi connectivity index (χ1) is 9.90. The van der Waals surface area contributed by atoms with Gasteiger partial charge in [0.1, 0.15) is 11.4 Å². The van der Waals surface area contributed by atoms with Crippen LogP contribution in [0.2, 0.25) is 5.02 Å². The number of carbonyl (C=O) groups excluding carboxylic acids is 1. The quantitative estimate of drug-likeness (QED) is 0.641. The molecule has 2 aromatic rings. The minimum atomic E-state index is -0.599. The summed E-state index contributed by atoms with van der Waals surface area (Å²) in [6.45, 7) is 0.242. The second-order valence-corrected chi connectivity index (χ2v) is 4.97. The lowest BCUT2D eigenvalue weighted by atomic mass is 10.1. The van der Waals surface area contributed by atoms with E-state index in [0.717, 1.165) is 0 Å². The van der Waals surface area contributed by atoms with E-state index in [1.54, 1.807) is 24.0 Å². The Morgan fingerprint density at radius 1 is 1.52 bits per heavy atom. The number of nitro benzene ring substituents is 1. The first kappa shape index (κ1) is 15.0. The van der Waals surface area contributed by atoms with Crippen LogP contribution in [0.25, 0.3) is 0 Å². The number of rotatable bonds is 4. The third kappa shape index (κ3) is 3.19. The summed E-state index contributed by atoms with van der Waals surface area (Å²) in [5.41, 5.74) is -0.305. The minimum Gasteiger partial charge on any atom is -0.337 e. The van der Waals surface area contributed by atoms with Gasteiger partial charge in [0.15, 0.2) is 0 Å². The Hall–Kier alpha value is -2.41. The predicted molar refractivity (Wildman–Crippen MR) is 77.1 cm³/mol. The molecule has 7 nitrogen and oxygen atoms in total. The number of amides is 1. The van der Waals surface area contributed by atoms with Gasteiger partial charge in [0.25, 0.3) is 11.6 Å². The summed E-state index contributed by atoms with van der Waals surface area (Å²) < 4.78 is 1.77. The zero-order valence-electron chi connectivity index (χ0n) is 11.5. The van der Waals surface area contributed by atoms with Gasteiger partial charge in [0.05, 0.1) is 11.5 Å². The Bertz CT molecular complexity index is 698. The topological polar surface area (TPSA) is 81.3 Å². The molecule has 1 aromatic carbocycles. The van der Waals surface area contributed by atoms with Gasteiger partial charge in [0.2, 0.25) is 0 Å². The molecule has 0 bridgehead atoms. The summed E-state index contributed by atoms with van der Waals surface area (Å²) >= 11 is 5.83. The number of imidazole rings is 1. The van der Waals surface area contributed by atoms with Crippen molar-refractivity contribution in [2.75, 3.05) is 7.05 Å². The van der Waals surface area contributed by atoms with Crippen LogP contribution in [0.1, 0.15) is 16.2 Å². The highest BCUT2D eigenvalue weighted by atomic mass is 35.5. The van der Waals surface area contributed by atoms with Gasteiger partial charge < -0.3 is 9.47 Å². The van der Waals surface area contributed by atoms with E-state index in [9.17, 15) is 14.9 Å². The van der Waals surface area contributed by atoms with Gasteiger partial charge in [-0.3, -0.25) is 14.9 Å². The van der Waals surface area contributed by atoms with Crippen molar-refractivity contribution in [3.63, 3.8) is 0 Å². The van der Waals surface area contributed by atoms with Crippen LogP contribution in [0.15, 0.2) is 30.6 Å². The third-order valence-corrected chi connectivity index (χ3v) is 3.27. The van der Waals surface area contributed by atoms with Crippen molar-refractivity contribution in [1.29, 1.82) is 0 Å². The second kappa shape index (κ2) is 5.92. The first-order valence-electron chi connectivity index (χ1n) is 6.05. The van der Waals surface area contributed by atoms with Crippen molar-refractivity contribution >= 4 is 23.2 Å². The van der Waals surface area contributed by atoms with Gasteiger partial charge >= 0.3 is 0 Å². The van der Waals surface area contributed by atoms with E-state index >= 15 is 0 Å². The Balaban J connectivity index is 2.29. The van der Waals surface area contributed by atoms with Crippen LogP contribution in [0.3, 0.4) is 0 Å². The number of hydrogen-bond donors (Lipinski definition) is 0. The predicted octanol–water partition coefficient (Wildman–Crippen LogP) is 2.25. The largest absolute Gasteiger partial charge is 0.337 e. The van der Waals surface area contributed by atoms with Gasteiger partial charge in [-0.15, -0.1) is 0 Å². The summed E-state index contributed by atoms with van der Waals surface area (Å²) in [5, 5.41) is 11.3. The van der Waals surface area contributed by atoms with E-state index in [4.69, 9.17) is 11.6 Å². The van der Waals surface area contributed by atoms with Crippen molar-refractivity contribution in [2.45, 2.75) is 6.54 Å². The average Bonchev–Trinajstić information content (AvgIpc) is 2.83. The molecular formula is C13H13ClN4O3. The van der Waals surface area contributed by atoms with Gasteiger partial charge in [-0.25, -0.2) is 4.98 Å². The number of nitrogens with zero attached hydrogens (tertiary/aromatic N) is 4. The maximum Gasteiger partial charge on any atom is 0.282 e. The molecule has 0 aliphatic heterocycles. The van der Waals surface area contributed by atoms with Gasteiger partial charge in [-0.2, -0.15) is 0 Å². The molecule has 2 rings (SSSR count). The molecule has 0 saturated carbocycles. The number of nitro groups is 1. The molecule has 0 aliphatic rings. The minimum absolute atomic E-state index is 0.0378. The summed E-state index contributed by atoms with van der Waals surface area (Å²) in [4.78, 5) is 28.3. The smallest absolute Gasteiger partial charge is 0.282 e. The van der Waals surface area contributed by atoms with Crippen LogP contribution in [0, 0.1) is 10.1 Å². The van der Waals surface area contributed by atoms with Gasteiger partial charge in [0, 0.05) is 37.6 Å². The molecule has 1 aromatic heterocycles. The molecule has 0 N–H and O–H groups in total. The first-order valence-corrected chi connectivity index (χ1v) is 6.43. The molecule has 110 valence electrons. The Labute approximate surface area is 125 Å². The molecule has 0 atom stereocenters.